The number of ether oxygens (including phenoxy) is 2. The minimum atomic E-state index is -2.28. The fraction of sp³-hybridized carbons (Fsp3) is 0.478. The van der Waals surface area contributed by atoms with Crippen LogP contribution in [0.2, 0.25) is 0 Å². The molecule has 3 rings (SSSR count). The highest BCUT2D eigenvalue weighted by atomic mass is 31.2. The molecule has 4 heteroatoms. The molecule has 0 saturated carbocycles. The summed E-state index contributed by atoms with van der Waals surface area (Å²) < 4.78 is 25.1. The van der Waals surface area contributed by atoms with Crippen LogP contribution in [0.4, 0.5) is 0 Å². The quantitative estimate of drug-likeness (QED) is 0.401. The summed E-state index contributed by atoms with van der Waals surface area (Å²) in [4.78, 5) is 0. The minimum absolute atomic E-state index is 0.234. The third-order valence-electron chi connectivity index (χ3n) is 5.27. The van der Waals surface area contributed by atoms with E-state index in [9.17, 15) is 4.57 Å². The zero-order chi connectivity index (χ0) is 18.8. The first kappa shape index (κ1) is 20.3. The lowest BCUT2D eigenvalue weighted by Crippen LogP contribution is -2.17. The summed E-state index contributed by atoms with van der Waals surface area (Å²) in [6, 6.07) is 20.7. The molecule has 0 aromatic heterocycles. The Hall–Kier alpha value is -1.41. The van der Waals surface area contributed by atoms with Crippen molar-refractivity contribution in [3.8, 4) is 0 Å². The Morgan fingerprint density at radius 1 is 0.889 bits per heavy atom. The molecule has 0 aliphatic carbocycles. The summed E-state index contributed by atoms with van der Waals surface area (Å²) in [7, 11) is -2.28. The van der Waals surface area contributed by atoms with E-state index in [1.165, 1.54) is 11.1 Å². The molecule has 1 aliphatic heterocycles. The normalized spacial score (nSPS) is 17.3. The van der Waals surface area contributed by atoms with Crippen LogP contribution in [0.15, 0.2) is 60.7 Å². The Morgan fingerprint density at radius 2 is 1.48 bits per heavy atom. The molecule has 146 valence electrons. The molecule has 0 amide bonds. The van der Waals surface area contributed by atoms with Gasteiger partial charge in [-0.25, -0.2) is 0 Å². The van der Waals surface area contributed by atoms with E-state index < -0.39 is 7.14 Å². The van der Waals surface area contributed by atoms with Gasteiger partial charge in [-0.05, 0) is 36.8 Å². The Balaban J connectivity index is 1.52. The molecule has 1 fully saturated rings. The predicted octanol–water partition coefficient (Wildman–Crippen LogP) is 5.03. The van der Waals surface area contributed by atoms with E-state index in [-0.39, 0.29) is 6.10 Å². The molecule has 1 atom stereocenters. The molecule has 1 aliphatic rings. The number of hydrogen-bond donors (Lipinski definition) is 0. The number of hydrogen-bond acceptors (Lipinski definition) is 3. The van der Waals surface area contributed by atoms with Crippen molar-refractivity contribution in [2.24, 2.45) is 0 Å². The van der Waals surface area contributed by atoms with Gasteiger partial charge in [0, 0.05) is 25.1 Å². The van der Waals surface area contributed by atoms with Crippen molar-refractivity contribution < 1.29 is 14.0 Å². The van der Waals surface area contributed by atoms with Crippen molar-refractivity contribution in [1.29, 1.82) is 0 Å². The Bertz CT molecular complexity index is 649. The van der Waals surface area contributed by atoms with Gasteiger partial charge in [-0.3, -0.25) is 0 Å². The molecule has 1 heterocycles. The summed E-state index contributed by atoms with van der Waals surface area (Å²) >= 11 is 0. The highest BCUT2D eigenvalue weighted by Gasteiger charge is 2.22. The molecule has 0 N–H and O–H groups in total. The summed E-state index contributed by atoms with van der Waals surface area (Å²) in [5, 5.41) is 0. The molecule has 1 saturated heterocycles. The van der Waals surface area contributed by atoms with E-state index in [0.717, 1.165) is 44.6 Å². The van der Waals surface area contributed by atoms with Crippen LogP contribution >= 0.6 is 7.14 Å². The van der Waals surface area contributed by atoms with Crippen LogP contribution in [-0.4, -0.2) is 44.4 Å². The van der Waals surface area contributed by atoms with Gasteiger partial charge in [0.1, 0.15) is 0 Å². The van der Waals surface area contributed by atoms with Gasteiger partial charge in [0.2, 0.25) is 0 Å². The van der Waals surface area contributed by atoms with Gasteiger partial charge >= 0.3 is 0 Å². The first-order valence-electron chi connectivity index (χ1n) is 10.1. The van der Waals surface area contributed by atoms with Gasteiger partial charge in [-0.2, -0.15) is 0 Å². The maximum atomic E-state index is 13.6. The second-order valence-electron chi connectivity index (χ2n) is 7.41. The molecular weight excluding hydrogens is 355 g/mol. The van der Waals surface area contributed by atoms with Gasteiger partial charge in [-0.1, -0.05) is 60.7 Å². The average molecular weight is 386 g/mol. The monoisotopic (exact) mass is 386 g/mol. The second-order valence-corrected chi connectivity index (χ2v) is 10.9. The summed E-state index contributed by atoms with van der Waals surface area (Å²) in [6.45, 7) is 2.05. The van der Waals surface area contributed by atoms with Gasteiger partial charge in [-0.15, -0.1) is 0 Å². The summed E-state index contributed by atoms with van der Waals surface area (Å²) in [6.07, 6.45) is 6.37. The van der Waals surface area contributed by atoms with Crippen LogP contribution in [0.3, 0.4) is 0 Å². The van der Waals surface area contributed by atoms with Crippen molar-refractivity contribution in [1.82, 2.24) is 0 Å². The maximum absolute atomic E-state index is 13.6. The minimum Gasteiger partial charge on any atom is -0.378 e. The highest BCUT2D eigenvalue weighted by Crippen LogP contribution is 2.46. The van der Waals surface area contributed by atoms with Crippen molar-refractivity contribution >= 4 is 7.14 Å². The third kappa shape index (κ3) is 7.25. The van der Waals surface area contributed by atoms with Gasteiger partial charge < -0.3 is 14.0 Å². The SMILES string of the molecule is O=P(CCOCC1CCCO1)(CCc1ccccc1)CCc1ccccc1. The van der Waals surface area contributed by atoms with Crippen molar-refractivity contribution in [3.63, 3.8) is 0 Å². The number of benzene rings is 2. The molecule has 0 radical (unpaired) electrons. The maximum Gasteiger partial charge on any atom is 0.0906 e. The fourth-order valence-electron chi connectivity index (χ4n) is 3.51. The van der Waals surface area contributed by atoms with E-state index >= 15 is 0 Å². The molecule has 1 unspecified atom stereocenters. The first-order chi connectivity index (χ1) is 13.2. The smallest absolute Gasteiger partial charge is 0.0906 e. The lowest BCUT2D eigenvalue weighted by atomic mass is 10.2. The second kappa shape index (κ2) is 10.8. The lowest BCUT2D eigenvalue weighted by Gasteiger charge is -2.19. The van der Waals surface area contributed by atoms with E-state index in [1.807, 2.05) is 12.1 Å². The van der Waals surface area contributed by atoms with Crippen molar-refractivity contribution in [2.75, 3.05) is 38.3 Å². The van der Waals surface area contributed by atoms with Crippen LogP contribution in [0.5, 0.6) is 0 Å². The van der Waals surface area contributed by atoms with Crippen LogP contribution in [0, 0.1) is 0 Å². The largest absolute Gasteiger partial charge is 0.378 e. The standard InChI is InChI=1S/C23H31O3P/c24-27(17-13-21-8-3-1-4-9-21,18-14-22-10-5-2-6-11-22)19-16-25-20-23-12-7-15-26-23/h1-6,8-11,23H,7,12-20H2. The molecule has 2 aromatic carbocycles. The summed E-state index contributed by atoms with van der Waals surface area (Å²) in [5.74, 6) is 0. The van der Waals surface area contributed by atoms with Crippen LogP contribution < -0.4 is 0 Å². The van der Waals surface area contributed by atoms with Gasteiger partial charge in [0.15, 0.2) is 0 Å². The van der Waals surface area contributed by atoms with Crippen LogP contribution in [0.1, 0.15) is 24.0 Å². The van der Waals surface area contributed by atoms with Crippen molar-refractivity contribution in [2.45, 2.75) is 31.8 Å². The molecule has 0 spiro atoms. The zero-order valence-corrected chi connectivity index (χ0v) is 17.0. The van der Waals surface area contributed by atoms with E-state index in [2.05, 4.69) is 48.5 Å². The van der Waals surface area contributed by atoms with Crippen LogP contribution in [-0.2, 0) is 26.9 Å². The zero-order valence-electron chi connectivity index (χ0n) is 16.1. The number of aryl methyl sites for hydroxylation is 2. The van der Waals surface area contributed by atoms with Gasteiger partial charge in [0.25, 0.3) is 0 Å². The Kier molecular flexibility index (Phi) is 8.13. The Labute approximate surface area is 163 Å². The van der Waals surface area contributed by atoms with Crippen molar-refractivity contribution in [3.05, 3.63) is 71.8 Å². The van der Waals surface area contributed by atoms with E-state index in [4.69, 9.17) is 9.47 Å². The predicted molar refractivity (Wildman–Crippen MR) is 112 cm³/mol. The first-order valence-corrected chi connectivity index (χ1v) is 12.3. The lowest BCUT2D eigenvalue weighted by molar-refractivity contribution is 0.0222. The topological polar surface area (TPSA) is 35.5 Å². The fourth-order valence-corrected chi connectivity index (χ4v) is 5.98. The summed E-state index contributed by atoms with van der Waals surface area (Å²) in [5.41, 5.74) is 2.52. The molecule has 0 bridgehead atoms. The average Bonchev–Trinajstić information content (AvgIpc) is 3.24. The molecule has 3 nitrogen and oxygen atoms in total. The molecule has 27 heavy (non-hydrogen) atoms. The highest BCUT2D eigenvalue weighted by molar-refractivity contribution is 7.63. The van der Waals surface area contributed by atoms with Crippen LogP contribution in [0.25, 0.3) is 0 Å². The molecule has 2 aromatic rings. The molecular formula is C23H31O3P. The van der Waals surface area contributed by atoms with E-state index in [0.29, 0.717) is 19.4 Å². The Morgan fingerprint density at radius 3 is 2.00 bits per heavy atom. The van der Waals surface area contributed by atoms with E-state index in [1.54, 1.807) is 0 Å². The van der Waals surface area contributed by atoms with Gasteiger partial charge in [0.05, 0.1) is 26.5 Å². The number of rotatable bonds is 11. The third-order valence-corrected chi connectivity index (χ3v) is 8.35.